The van der Waals surface area contributed by atoms with Gasteiger partial charge in [-0.1, -0.05) is 18.2 Å². The zero-order chi connectivity index (χ0) is 20.2. The standard InChI is InChI=1S/C19H24FN3O3S/c1-13(18(24)22-17-11-6-5-10-16(17)20)21-14-8-7-9-15(12-14)27(25,26)23-19(2,3)4/h5-13,21,23H,1-4H3,(H,22,24)/t13-/m0/s1. The first-order chi connectivity index (χ1) is 12.5. The van der Waals surface area contributed by atoms with E-state index in [0.717, 1.165) is 0 Å². The van der Waals surface area contributed by atoms with E-state index < -0.39 is 33.3 Å². The molecule has 0 heterocycles. The number of rotatable bonds is 6. The Balaban J connectivity index is 2.11. The first-order valence-corrected chi connectivity index (χ1v) is 9.92. The minimum Gasteiger partial charge on any atom is -0.374 e. The molecule has 0 fully saturated rings. The summed E-state index contributed by atoms with van der Waals surface area (Å²) in [7, 11) is -3.69. The van der Waals surface area contributed by atoms with Gasteiger partial charge in [-0.25, -0.2) is 17.5 Å². The molecule has 0 unspecified atom stereocenters. The number of benzene rings is 2. The second-order valence-electron chi connectivity index (χ2n) is 7.22. The monoisotopic (exact) mass is 393 g/mol. The molecule has 3 N–H and O–H groups in total. The number of sulfonamides is 1. The summed E-state index contributed by atoms with van der Waals surface area (Å²) >= 11 is 0. The van der Waals surface area contributed by atoms with Gasteiger partial charge in [0, 0.05) is 11.2 Å². The van der Waals surface area contributed by atoms with Gasteiger partial charge in [-0.2, -0.15) is 0 Å². The molecule has 0 saturated heterocycles. The highest BCUT2D eigenvalue weighted by molar-refractivity contribution is 7.89. The molecular formula is C19H24FN3O3S. The van der Waals surface area contributed by atoms with Gasteiger partial charge in [0.05, 0.1) is 10.6 Å². The molecular weight excluding hydrogens is 369 g/mol. The Kier molecular flexibility index (Phi) is 6.22. The van der Waals surface area contributed by atoms with Crippen molar-refractivity contribution in [3.05, 3.63) is 54.3 Å². The molecule has 8 heteroatoms. The van der Waals surface area contributed by atoms with E-state index in [0.29, 0.717) is 5.69 Å². The predicted octanol–water partition coefficient (Wildman–Crippen LogP) is 3.34. The molecule has 146 valence electrons. The van der Waals surface area contributed by atoms with Gasteiger partial charge in [0.25, 0.3) is 0 Å². The Morgan fingerprint density at radius 1 is 1.07 bits per heavy atom. The number of carbonyl (C=O) groups is 1. The lowest BCUT2D eigenvalue weighted by Crippen LogP contribution is -2.40. The lowest BCUT2D eigenvalue weighted by molar-refractivity contribution is -0.116. The van der Waals surface area contributed by atoms with Crippen molar-refractivity contribution in [3.63, 3.8) is 0 Å². The third-order valence-electron chi connectivity index (χ3n) is 3.49. The number of carbonyl (C=O) groups excluding carboxylic acids is 1. The average molecular weight is 393 g/mol. The van der Waals surface area contributed by atoms with Crippen LogP contribution in [0, 0.1) is 5.82 Å². The zero-order valence-electron chi connectivity index (χ0n) is 15.7. The van der Waals surface area contributed by atoms with Gasteiger partial charge in [-0.3, -0.25) is 4.79 Å². The van der Waals surface area contributed by atoms with Crippen LogP contribution in [0.15, 0.2) is 53.4 Å². The molecule has 2 aromatic rings. The van der Waals surface area contributed by atoms with Gasteiger partial charge in [-0.15, -0.1) is 0 Å². The quantitative estimate of drug-likeness (QED) is 0.702. The van der Waals surface area contributed by atoms with Crippen LogP contribution < -0.4 is 15.4 Å². The second kappa shape index (κ2) is 8.06. The second-order valence-corrected chi connectivity index (χ2v) is 8.90. The van der Waals surface area contributed by atoms with E-state index in [2.05, 4.69) is 15.4 Å². The number of hydrogen-bond donors (Lipinski definition) is 3. The highest BCUT2D eigenvalue weighted by atomic mass is 32.2. The number of nitrogens with one attached hydrogen (secondary N) is 3. The fourth-order valence-electron chi connectivity index (χ4n) is 2.33. The third-order valence-corrected chi connectivity index (χ3v) is 5.25. The van der Waals surface area contributed by atoms with Gasteiger partial charge in [0.1, 0.15) is 11.9 Å². The smallest absolute Gasteiger partial charge is 0.246 e. The Morgan fingerprint density at radius 3 is 2.37 bits per heavy atom. The Hall–Kier alpha value is -2.45. The summed E-state index contributed by atoms with van der Waals surface area (Å²) in [6.07, 6.45) is 0. The van der Waals surface area contributed by atoms with Crippen molar-refractivity contribution in [1.29, 1.82) is 0 Å². The lowest BCUT2D eigenvalue weighted by Gasteiger charge is -2.21. The van der Waals surface area contributed by atoms with Gasteiger partial charge < -0.3 is 10.6 Å². The molecule has 2 rings (SSSR count). The van der Waals surface area contributed by atoms with Crippen LogP contribution in [0.3, 0.4) is 0 Å². The van der Waals surface area contributed by atoms with E-state index in [1.807, 2.05) is 0 Å². The molecule has 0 bridgehead atoms. The van der Waals surface area contributed by atoms with Crippen molar-refractivity contribution < 1.29 is 17.6 Å². The Morgan fingerprint density at radius 2 is 1.74 bits per heavy atom. The lowest BCUT2D eigenvalue weighted by atomic mass is 10.1. The summed E-state index contributed by atoms with van der Waals surface area (Å²) in [6, 6.07) is 11.3. The number of hydrogen-bond acceptors (Lipinski definition) is 4. The topological polar surface area (TPSA) is 87.3 Å². The maximum atomic E-state index is 13.7. The van der Waals surface area contributed by atoms with Crippen LogP contribution in [0.5, 0.6) is 0 Å². The van der Waals surface area contributed by atoms with Gasteiger partial charge >= 0.3 is 0 Å². The van der Waals surface area contributed by atoms with Crippen molar-refractivity contribution in [2.75, 3.05) is 10.6 Å². The number of para-hydroxylation sites is 1. The minimum absolute atomic E-state index is 0.0851. The van der Waals surface area contributed by atoms with Crippen molar-refractivity contribution in [3.8, 4) is 0 Å². The highest BCUT2D eigenvalue weighted by Crippen LogP contribution is 2.19. The minimum atomic E-state index is -3.69. The number of amides is 1. The molecule has 0 aliphatic carbocycles. The van der Waals surface area contributed by atoms with Crippen LogP contribution in [-0.2, 0) is 14.8 Å². The van der Waals surface area contributed by atoms with Crippen molar-refractivity contribution >= 4 is 27.3 Å². The average Bonchev–Trinajstić information content (AvgIpc) is 2.55. The molecule has 2 aromatic carbocycles. The van der Waals surface area contributed by atoms with E-state index in [4.69, 9.17) is 0 Å². The normalized spacial score (nSPS) is 13.1. The largest absolute Gasteiger partial charge is 0.374 e. The molecule has 27 heavy (non-hydrogen) atoms. The summed E-state index contributed by atoms with van der Waals surface area (Å²) in [5, 5.41) is 5.43. The van der Waals surface area contributed by atoms with E-state index in [9.17, 15) is 17.6 Å². The summed E-state index contributed by atoms with van der Waals surface area (Å²) < 4.78 is 41.1. The zero-order valence-corrected chi connectivity index (χ0v) is 16.5. The summed E-state index contributed by atoms with van der Waals surface area (Å²) in [4.78, 5) is 12.4. The highest BCUT2D eigenvalue weighted by Gasteiger charge is 2.22. The predicted molar refractivity (Wildman–Crippen MR) is 105 cm³/mol. The van der Waals surface area contributed by atoms with Gasteiger partial charge in [-0.05, 0) is 58.0 Å². The third kappa shape index (κ3) is 6.04. The summed E-state index contributed by atoms with van der Waals surface area (Å²) in [5.41, 5.74) is -0.0697. The maximum Gasteiger partial charge on any atom is 0.246 e. The maximum absolute atomic E-state index is 13.7. The summed E-state index contributed by atoms with van der Waals surface area (Å²) in [6.45, 7) is 6.86. The number of halogens is 1. The van der Waals surface area contributed by atoms with E-state index in [-0.39, 0.29) is 10.6 Å². The van der Waals surface area contributed by atoms with E-state index in [1.165, 1.54) is 30.3 Å². The summed E-state index contributed by atoms with van der Waals surface area (Å²) in [5.74, 6) is -0.972. The van der Waals surface area contributed by atoms with E-state index >= 15 is 0 Å². The molecule has 6 nitrogen and oxygen atoms in total. The van der Waals surface area contributed by atoms with Crippen molar-refractivity contribution in [2.45, 2.75) is 44.2 Å². The molecule has 0 saturated carbocycles. The van der Waals surface area contributed by atoms with Gasteiger partial charge in [0.2, 0.25) is 15.9 Å². The van der Waals surface area contributed by atoms with Crippen LogP contribution in [0.25, 0.3) is 0 Å². The van der Waals surface area contributed by atoms with Crippen LogP contribution in [0.1, 0.15) is 27.7 Å². The Bertz CT molecular complexity index is 924. The van der Waals surface area contributed by atoms with E-state index in [1.54, 1.807) is 45.9 Å². The first kappa shape index (κ1) is 20.9. The number of anilines is 2. The van der Waals surface area contributed by atoms with Crippen molar-refractivity contribution in [1.82, 2.24) is 4.72 Å². The Labute approximate surface area is 159 Å². The molecule has 1 amide bonds. The van der Waals surface area contributed by atoms with Crippen molar-refractivity contribution in [2.24, 2.45) is 0 Å². The van der Waals surface area contributed by atoms with Crippen LogP contribution in [0.2, 0.25) is 0 Å². The molecule has 0 aliphatic heterocycles. The van der Waals surface area contributed by atoms with Crippen LogP contribution in [0.4, 0.5) is 15.8 Å². The molecule has 0 aromatic heterocycles. The molecule has 0 aliphatic rings. The fraction of sp³-hybridized carbons (Fsp3) is 0.316. The molecule has 0 radical (unpaired) electrons. The molecule has 1 atom stereocenters. The fourth-order valence-corrected chi connectivity index (χ4v) is 3.80. The first-order valence-electron chi connectivity index (χ1n) is 8.44. The van der Waals surface area contributed by atoms with Gasteiger partial charge in [0.15, 0.2) is 0 Å². The van der Waals surface area contributed by atoms with Crippen LogP contribution >= 0.6 is 0 Å². The molecule has 0 spiro atoms. The van der Waals surface area contributed by atoms with Crippen LogP contribution in [-0.4, -0.2) is 25.9 Å². The SMILES string of the molecule is C[C@H](Nc1cccc(S(=O)(=O)NC(C)(C)C)c1)C(=O)Nc1ccccc1F.